The Bertz CT molecular complexity index is 1020. The molecule has 0 saturated carbocycles. The van der Waals surface area contributed by atoms with Crippen molar-refractivity contribution in [2.75, 3.05) is 11.8 Å². The second-order valence-corrected chi connectivity index (χ2v) is 8.76. The number of halogens is 2. The van der Waals surface area contributed by atoms with E-state index in [1.54, 1.807) is 7.11 Å². The molecule has 1 heterocycles. The third-order valence-corrected chi connectivity index (χ3v) is 6.41. The molecule has 0 bridgehead atoms. The second kappa shape index (κ2) is 7.79. The minimum Gasteiger partial charge on any atom is -0.497 e. The largest absolute Gasteiger partial charge is 0.497 e. The van der Waals surface area contributed by atoms with Gasteiger partial charge in [0.15, 0.2) is 0 Å². The van der Waals surface area contributed by atoms with Gasteiger partial charge in [-0.15, -0.1) is 10.2 Å². The number of anilines is 1. The molecule has 0 aliphatic rings. The van der Waals surface area contributed by atoms with Crippen LogP contribution in [0.25, 0.3) is 0 Å². The molecule has 0 spiro atoms. The summed E-state index contributed by atoms with van der Waals surface area (Å²) in [5.74, 6) is 0.762. The molecule has 0 fully saturated rings. The van der Waals surface area contributed by atoms with Crippen molar-refractivity contribution in [2.45, 2.75) is 11.3 Å². The van der Waals surface area contributed by atoms with Crippen molar-refractivity contribution in [1.82, 2.24) is 10.2 Å². The van der Waals surface area contributed by atoms with Gasteiger partial charge >= 0.3 is 0 Å². The van der Waals surface area contributed by atoms with E-state index in [9.17, 15) is 8.42 Å². The highest BCUT2D eigenvalue weighted by Crippen LogP contribution is 2.28. The monoisotopic (exact) mass is 429 g/mol. The lowest BCUT2D eigenvalue weighted by atomic mass is 10.1. The van der Waals surface area contributed by atoms with E-state index in [4.69, 9.17) is 27.9 Å². The quantitative estimate of drug-likeness (QED) is 0.633. The third kappa shape index (κ3) is 4.45. The first-order valence-electron chi connectivity index (χ1n) is 7.30. The number of nitrogens with one attached hydrogen (secondary N) is 1. The van der Waals surface area contributed by atoms with Gasteiger partial charge in [0.1, 0.15) is 15.7 Å². The van der Waals surface area contributed by atoms with Gasteiger partial charge < -0.3 is 4.74 Å². The Balaban J connectivity index is 1.76. The summed E-state index contributed by atoms with van der Waals surface area (Å²) in [5.41, 5.74) is 1.01. The maximum Gasteiger partial charge on any atom is 0.265 e. The topological polar surface area (TPSA) is 81.2 Å². The standard InChI is InChI=1S/C16H13Cl2N3O3S2/c1-24-12-5-2-10(3-6-12)8-15-19-20-16(25-15)21-26(22,23)14-9-11(17)4-7-13(14)18/h2-7,9H,8H2,1H3,(H,20,21). The zero-order chi connectivity index (χ0) is 18.7. The Morgan fingerprint density at radius 3 is 2.54 bits per heavy atom. The zero-order valence-electron chi connectivity index (χ0n) is 13.4. The summed E-state index contributed by atoms with van der Waals surface area (Å²) in [4.78, 5) is -0.112. The van der Waals surface area contributed by atoms with E-state index >= 15 is 0 Å². The molecule has 0 unspecified atom stereocenters. The lowest BCUT2D eigenvalue weighted by Gasteiger charge is -2.06. The predicted octanol–water partition coefficient (Wildman–Crippen LogP) is 4.25. The summed E-state index contributed by atoms with van der Waals surface area (Å²) in [5, 5.41) is 9.08. The third-order valence-electron chi connectivity index (χ3n) is 3.39. The smallest absolute Gasteiger partial charge is 0.265 e. The van der Waals surface area contributed by atoms with E-state index < -0.39 is 10.0 Å². The number of hydrogen-bond donors (Lipinski definition) is 1. The van der Waals surface area contributed by atoms with Gasteiger partial charge in [-0.3, -0.25) is 4.72 Å². The van der Waals surface area contributed by atoms with E-state index in [0.29, 0.717) is 11.4 Å². The van der Waals surface area contributed by atoms with Crippen LogP contribution in [0, 0.1) is 0 Å². The number of benzene rings is 2. The minimum atomic E-state index is -3.91. The van der Waals surface area contributed by atoms with Gasteiger partial charge in [-0.2, -0.15) is 0 Å². The van der Waals surface area contributed by atoms with Crippen molar-refractivity contribution >= 4 is 49.7 Å². The number of nitrogens with zero attached hydrogens (tertiary/aromatic N) is 2. The van der Waals surface area contributed by atoms with Crippen LogP contribution in [0.5, 0.6) is 5.75 Å². The molecule has 26 heavy (non-hydrogen) atoms. The van der Waals surface area contributed by atoms with E-state index in [1.807, 2.05) is 24.3 Å². The molecule has 0 amide bonds. The summed E-state index contributed by atoms with van der Waals surface area (Å²) >= 11 is 13.0. The van der Waals surface area contributed by atoms with Gasteiger partial charge in [0.2, 0.25) is 5.13 Å². The number of methoxy groups -OCH3 is 1. The van der Waals surface area contributed by atoms with Crippen molar-refractivity contribution in [3.8, 4) is 5.75 Å². The van der Waals surface area contributed by atoms with Gasteiger partial charge in [-0.1, -0.05) is 46.7 Å². The van der Waals surface area contributed by atoms with Crippen molar-refractivity contribution in [3.63, 3.8) is 0 Å². The van der Waals surface area contributed by atoms with E-state index in [2.05, 4.69) is 14.9 Å². The second-order valence-electron chi connectivity index (χ2n) is 5.21. The van der Waals surface area contributed by atoms with Crippen molar-refractivity contribution in [3.05, 3.63) is 63.1 Å². The summed E-state index contributed by atoms with van der Waals surface area (Å²) in [6.07, 6.45) is 0.529. The number of sulfonamides is 1. The van der Waals surface area contributed by atoms with Crippen LogP contribution in [0.1, 0.15) is 10.6 Å². The van der Waals surface area contributed by atoms with Crippen LogP contribution in [0.15, 0.2) is 47.4 Å². The fraction of sp³-hybridized carbons (Fsp3) is 0.125. The molecular weight excluding hydrogens is 417 g/mol. The fourth-order valence-electron chi connectivity index (χ4n) is 2.14. The molecule has 0 saturated heterocycles. The van der Waals surface area contributed by atoms with Crippen LogP contribution in [0.2, 0.25) is 10.0 Å². The Morgan fingerprint density at radius 2 is 1.85 bits per heavy atom. The number of ether oxygens (including phenoxy) is 1. The molecule has 1 aromatic heterocycles. The lowest BCUT2D eigenvalue weighted by Crippen LogP contribution is -2.13. The molecular formula is C16H13Cl2N3O3S2. The highest BCUT2D eigenvalue weighted by Gasteiger charge is 2.20. The highest BCUT2D eigenvalue weighted by molar-refractivity contribution is 7.93. The Morgan fingerprint density at radius 1 is 1.12 bits per heavy atom. The van der Waals surface area contributed by atoms with Crippen LogP contribution < -0.4 is 9.46 Å². The first kappa shape index (κ1) is 18.9. The average molecular weight is 430 g/mol. The van der Waals surface area contributed by atoms with Gasteiger partial charge in [0.25, 0.3) is 10.0 Å². The van der Waals surface area contributed by atoms with Gasteiger partial charge in [-0.25, -0.2) is 8.42 Å². The first-order chi connectivity index (χ1) is 12.4. The fourth-order valence-corrected chi connectivity index (χ4v) is 4.91. The molecule has 1 N–H and O–H groups in total. The van der Waals surface area contributed by atoms with Crippen LogP contribution in [-0.4, -0.2) is 25.7 Å². The molecule has 0 aliphatic carbocycles. The van der Waals surface area contributed by atoms with Crippen LogP contribution in [0.4, 0.5) is 5.13 Å². The number of rotatable bonds is 6. The molecule has 0 atom stereocenters. The first-order valence-corrected chi connectivity index (χ1v) is 10.4. The molecule has 0 aliphatic heterocycles. The molecule has 10 heteroatoms. The van der Waals surface area contributed by atoms with Crippen molar-refractivity contribution in [1.29, 1.82) is 0 Å². The molecule has 6 nitrogen and oxygen atoms in total. The highest BCUT2D eigenvalue weighted by atomic mass is 35.5. The Hall–Kier alpha value is -1.87. The van der Waals surface area contributed by atoms with Gasteiger partial charge in [-0.05, 0) is 35.9 Å². The molecule has 3 aromatic rings. The number of aromatic nitrogens is 2. The molecule has 136 valence electrons. The maximum atomic E-state index is 12.5. The Labute approximate surface area is 164 Å². The lowest BCUT2D eigenvalue weighted by molar-refractivity contribution is 0.414. The summed E-state index contributed by atoms with van der Waals surface area (Å²) in [6, 6.07) is 11.7. The van der Waals surface area contributed by atoms with Crippen molar-refractivity contribution in [2.24, 2.45) is 0 Å². The Kier molecular flexibility index (Phi) is 5.67. The molecule has 2 aromatic carbocycles. The predicted molar refractivity (Wildman–Crippen MR) is 103 cm³/mol. The normalized spacial score (nSPS) is 11.3. The SMILES string of the molecule is COc1ccc(Cc2nnc(NS(=O)(=O)c3cc(Cl)ccc3Cl)s2)cc1. The van der Waals surface area contributed by atoms with Crippen LogP contribution in [-0.2, 0) is 16.4 Å². The van der Waals surface area contributed by atoms with E-state index in [-0.39, 0.29) is 20.1 Å². The van der Waals surface area contributed by atoms with Crippen LogP contribution >= 0.6 is 34.5 Å². The zero-order valence-corrected chi connectivity index (χ0v) is 16.6. The summed E-state index contributed by atoms with van der Waals surface area (Å²) in [7, 11) is -2.31. The van der Waals surface area contributed by atoms with Gasteiger partial charge in [0, 0.05) is 11.4 Å². The average Bonchev–Trinajstić information content (AvgIpc) is 3.03. The van der Waals surface area contributed by atoms with Gasteiger partial charge in [0.05, 0.1) is 12.1 Å². The summed E-state index contributed by atoms with van der Waals surface area (Å²) in [6.45, 7) is 0. The van der Waals surface area contributed by atoms with Crippen molar-refractivity contribution < 1.29 is 13.2 Å². The summed E-state index contributed by atoms with van der Waals surface area (Å²) < 4.78 is 32.5. The molecule has 0 radical (unpaired) electrons. The number of hydrogen-bond acceptors (Lipinski definition) is 6. The minimum absolute atomic E-state index is 0.0740. The van der Waals surface area contributed by atoms with Crippen LogP contribution in [0.3, 0.4) is 0 Å². The maximum absolute atomic E-state index is 12.5. The van der Waals surface area contributed by atoms with E-state index in [0.717, 1.165) is 22.6 Å². The van der Waals surface area contributed by atoms with E-state index in [1.165, 1.54) is 18.2 Å². The molecule has 3 rings (SSSR count).